The van der Waals surface area contributed by atoms with Gasteiger partial charge in [-0.2, -0.15) is 0 Å². The number of rotatable bonds is 15. The SMILES string of the molecule is CCCCNC(=O)[C@H](Cc1ccccc1)N(Cc1ccccc1)C(=O)CN(c1ccc(OC)cc1OC)S(C)(=O)=O. The number of nitrogens with zero attached hydrogens (tertiary/aromatic N) is 2. The molecule has 0 aromatic heterocycles. The van der Waals surface area contributed by atoms with Crippen LogP contribution in [0.15, 0.2) is 78.9 Å². The van der Waals surface area contributed by atoms with Crippen LogP contribution in [-0.4, -0.2) is 64.7 Å². The molecule has 1 N–H and O–H groups in total. The lowest BCUT2D eigenvalue weighted by atomic mass is 10.0. The number of hydrogen-bond acceptors (Lipinski definition) is 6. The Kier molecular flexibility index (Phi) is 11.6. The molecule has 0 unspecified atom stereocenters. The van der Waals surface area contributed by atoms with Gasteiger partial charge >= 0.3 is 0 Å². The number of carbonyl (C=O) groups is 2. The summed E-state index contributed by atoms with van der Waals surface area (Å²) in [6.45, 7) is 2.11. The number of amides is 2. The van der Waals surface area contributed by atoms with Crippen molar-refractivity contribution in [1.29, 1.82) is 0 Å². The molecule has 1 atom stereocenters. The average Bonchev–Trinajstić information content (AvgIpc) is 2.97. The lowest BCUT2D eigenvalue weighted by Crippen LogP contribution is -2.53. The largest absolute Gasteiger partial charge is 0.497 e. The molecule has 0 aliphatic carbocycles. The Morgan fingerprint density at radius 3 is 2.10 bits per heavy atom. The fourth-order valence-corrected chi connectivity index (χ4v) is 5.28. The molecule has 3 aromatic carbocycles. The molecular formula is C31H39N3O6S. The number of anilines is 1. The molecule has 2 amide bonds. The van der Waals surface area contributed by atoms with E-state index in [4.69, 9.17) is 9.47 Å². The Bertz CT molecular complexity index is 1380. The third-order valence-electron chi connectivity index (χ3n) is 6.63. The number of sulfonamides is 1. The second-order valence-corrected chi connectivity index (χ2v) is 11.6. The van der Waals surface area contributed by atoms with Gasteiger partial charge in [-0.05, 0) is 29.7 Å². The second kappa shape index (κ2) is 15.1. The highest BCUT2D eigenvalue weighted by Gasteiger charge is 2.33. The molecule has 0 heterocycles. The minimum Gasteiger partial charge on any atom is -0.497 e. The lowest BCUT2D eigenvalue weighted by molar-refractivity contribution is -0.140. The van der Waals surface area contributed by atoms with Gasteiger partial charge in [-0.25, -0.2) is 8.42 Å². The standard InChI is InChI=1S/C31H39N3O6S/c1-5-6-19-32-31(36)28(20-24-13-9-7-10-14-24)33(22-25-15-11-8-12-16-25)30(35)23-34(41(4,37)38)27-18-17-26(39-2)21-29(27)40-3/h7-18,21,28H,5-6,19-20,22-23H2,1-4H3,(H,32,36)/t28-/m0/s1. The van der Waals surface area contributed by atoms with Gasteiger partial charge in [0.1, 0.15) is 24.1 Å². The highest BCUT2D eigenvalue weighted by molar-refractivity contribution is 7.92. The number of methoxy groups -OCH3 is 2. The van der Waals surface area contributed by atoms with Gasteiger partial charge in [0.15, 0.2) is 0 Å². The summed E-state index contributed by atoms with van der Waals surface area (Å²) in [4.78, 5) is 29.2. The summed E-state index contributed by atoms with van der Waals surface area (Å²) >= 11 is 0. The third-order valence-corrected chi connectivity index (χ3v) is 7.76. The van der Waals surface area contributed by atoms with Crippen molar-refractivity contribution in [1.82, 2.24) is 10.2 Å². The summed E-state index contributed by atoms with van der Waals surface area (Å²) in [5.41, 5.74) is 1.88. The summed E-state index contributed by atoms with van der Waals surface area (Å²) in [5.74, 6) is -0.110. The zero-order valence-electron chi connectivity index (χ0n) is 24.1. The molecule has 220 valence electrons. The van der Waals surface area contributed by atoms with Gasteiger partial charge in [0, 0.05) is 25.6 Å². The van der Waals surface area contributed by atoms with E-state index in [-0.39, 0.29) is 30.3 Å². The average molecular weight is 582 g/mol. The highest BCUT2D eigenvalue weighted by atomic mass is 32.2. The van der Waals surface area contributed by atoms with Gasteiger partial charge in [-0.1, -0.05) is 74.0 Å². The van der Waals surface area contributed by atoms with E-state index in [9.17, 15) is 18.0 Å². The first-order chi connectivity index (χ1) is 19.7. The molecule has 0 spiro atoms. The summed E-state index contributed by atoms with van der Waals surface area (Å²) in [5, 5.41) is 2.97. The van der Waals surface area contributed by atoms with E-state index in [0.717, 1.165) is 34.5 Å². The first kappa shape index (κ1) is 31.5. The van der Waals surface area contributed by atoms with Crippen LogP contribution in [-0.2, 0) is 32.6 Å². The fourth-order valence-electron chi connectivity index (χ4n) is 4.43. The molecule has 3 rings (SSSR count). The van der Waals surface area contributed by atoms with Crippen LogP contribution in [0.2, 0.25) is 0 Å². The van der Waals surface area contributed by atoms with Gasteiger partial charge < -0.3 is 19.7 Å². The predicted molar refractivity (Wildman–Crippen MR) is 161 cm³/mol. The van der Waals surface area contributed by atoms with E-state index < -0.39 is 28.5 Å². The van der Waals surface area contributed by atoms with Crippen LogP contribution >= 0.6 is 0 Å². The van der Waals surface area contributed by atoms with Crippen LogP contribution in [0.4, 0.5) is 5.69 Å². The van der Waals surface area contributed by atoms with Crippen molar-refractivity contribution in [3.05, 3.63) is 90.0 Å². The van der Waals surface area contributed by atoms with Gasteiger partial charge in [0.05, 0.1) is 26.2 Å². The minimum atomic E-state index is -3.93. The lowest BCUT2D eigenvalue weighted by Gasteiger charge is -2.33. The predicted octanol–water partition coefficient (Wildman–Crippen LogP) is 4.03. The van der Waals surface area contributed by atoms with E-state index in [2.05, 4.69) is 5.32 Å². The molecule has 0 saturated carbocycles. The molecule has 3 aromatic rings. The van der Waals surface area contributed by atoms with E-state index in [0.29, 0.717) is 12.3 Å². The molecular weight excluding hydrogens is 542 g/mol. The minimum absolute atomic E-state index is 0.121. The van der Waals surface area contributed by atoms with Crippen LogP contribution < -0.4 is 19.1 Å². The Labute approximate surface area is 243 Å². The monoisotopic (exact) mass is 581 g/mol. The van der Waals surface area contributed by atoms with Gasteiger partial charge in [-0.3, -0.25) is 13.9 Å². The number of carbonyl (C=O) groups excluding carboxylic acids is 2. The molecule has 0 bridgehead atoms. The van der Waals surface area contributed by atoms with Gasteiger partial charge in [-0.15, -0.1) is 0 Å². The van der Waals surface area contributed by atoms with Crippen molar-refractivity contribution >= 4 is 27.5 Å². The summed E-state index contributed by atoms with van der Waals surface area (Å²) in [7, 11) is -1.02. The molecule has 0 aliphatic rings. The zero-order chi connectivity index (χ0) is 29.8. The maximum atomic E-state index is 14.1. The summed E-state index contributed by atoms with van der Waals surface area (Å²) in [6.07, 6.45) is 3.01. The van der Waals surface area contributed by atoms with Crippen molar-refractivity contribution in [2.45, 2.75) is 38.8 Å². The topological polar surface area (TPSA) is 105 Å². The van der Waals surface area contributed by atoms with Gasteiger partial charge in [0.25, 0.3) is 0 Å². The third kappa shape index (κ3) is 8.97. The zero-order valence-corrected chi connectivity index (χ0v) is 24.9. The van der Waals surface area contributed by atoms with Crippen molar-refractivity contribution in [3.8, 4) is 11.5 Å². The molecule has 10 heteroatoms. The molecule has 0 radical (unpaired) electrons. The van der Waals surface area contributed by atoms with Crippen LogP contribution in [0.1, 0.15) is 30.9 Å². The first-order valence-corrected chi connectivity index (χ1v) is 15.4. The highest BCUT2D eigenvalue weighted by Crippen LogP contribution is 2.33. The fraction of sp³-hybridized carbons (Fsp3) is 0.355. The number of nitrogens with one attached hydrogen (secondary N) is 1. The maximum absolute atomic E-state index is 14.1. The van der Waals surface area contributed by atoms with Crippen LogP contribution in [0.5, 0.6) is 11.5 Å². The summed E-state index contributed by atoms with van der Waals surface area (Å²) < 4.78 is 37.8. The van der Waals surface area contributed by atoms with Crippen molar-refractivity contribution in [3.63, 3.8) is 0 Å². The Balaban J connectivity index is 2.05. The van der Waals surface area contributed by atoms with Crippen LogP contribution in [0.3, 0.4) is 0 Å². The smallest absolute Gasteiger partial charge is 0.244 e. The Morgan fingerprint density at radius 1 is 0.902 bits per heavy atom. The van der Waals surface area contributed by atoms with Gasteiger partial charge in [0.2, 0.25) is 21.8 Å². The molecule has 0 fully saturated rings. The number of unbranched alkanes of at least 4 members (excludes halogenated alkanes) is 1. The number of hydrogen-bond donors (Lipinski definition) is 1. The molecule has 41 heavy (non-hydrogen) atoms. The van der Waals surface area contributed by atoms with Crippen molar-refractivity contribution < 1.29 is 27.5 Å². The first-order valence-electron chi connectivity index (χ1n) is 13.5. The van der Waals surface area contributed by atoms with Crippen LogP contribution in [0.25, 0.3) is 0 Å². The Hall–Kier alpha value is -4.05. The van der Waals surface area contributed by atoms with Crippen molar-refractivity contribution in [2.75, 3.05) is 37.9 Å². The van der Waals surface area contributed by atoms with Crippen LogP contribution in [0, 0.1) is 0 Å². The molecule has 9 nitrogen and oxygen atoms in total. The normalized spacial score (nSPS) is 11.8. The summed E-state index contributed by atoms with van der Waals surface area (Å²) in [6, 6.07) is 22.6. The number of benzene rings is 3. The van der Waals surface area contributed by atoms with E-state index in [1.165, 1.54) is 25.2 Å². The van der Waals surface area contributed by atoms with E-state index >= 15 is 0 Å². The maximum Gasteiger partial charge on any atom is 0.244 e. The van der Waals surface area contributed by atoms with E-state index in [1.54, 1.807) is 12.1 Å². The Morgan fingerprint density at radius 2 is 1.54 bits per heavy atom. The van der Waals surface area contributed by atoms with Crippen molar-refractivity contribution in [2.24, 2.45) is 0 Å². The second-order valence-electron chi connectivity index (χ2n) is 9.66. The molecule has 0 saturated heterocycles. The number of ether oxygens (including phenoxy) is 2. The quantitative estimate of drug-likeness (QED) is 0.272. The van der Waals surface area contributed by atoms with E-state index in [1.807, 2.05) is 67.6 Å². The molecule has 0 aliphatic heterocycles.